The second-order valence-electron chi connectivity index (χ2n) is 5.06. The summed E-state index contributed by atoms with van der Waals surface area (Å²) in [6.07, 6.45) is 7.78. The van der Waals surface area contributed by atoms with E-state index in [0.29, 0.717) is 11.3 Å². The summed E-state index contributed by atoms with van der Waals surface area (Å²) in [5, 5.41) is 3.74. The van der Waals surface area contributed by atoms with Gasteiger partial charge in [-0.25, -0.2) is 0 Å². The van der Waals surface area contributed by atoms with Crippen LogP contribution in [0.1, 0.15) is 52.4 Å². The van der Waals surface area contributed by atoms with Gasteiger partial charge in [-0.2, -0.15) is 0 Å². The fraction of sp³-hybridized carbons (Fsp3) is 1.00. The first-order valence-electron chi connectivity index (χ1n) is 6.73. The maximum absolute atomic E-state index is 12.1. The van der Waals surface area contributed by atoms with Crippen LogP contribution in [0.3, 0.4) is 0 Å². The summed E-state index contributed by atoms with van der Waals surface area (Å²) in [6, 6.07) is 0.468. The summed E-state index contributed by atoms with van der Waals surface area (Å²) in [4.78, 5) is 0. The highest BCUT2D eigenvalue weighted by atomic mass is 32.2. The van der Waals surface area contributed by atoms with E-state index >= 15 is 0 Å². The first-order valence-corrected chi connectivity index (χ1v) is 8.11. The van der Waals surface area contributed by atoms with Crippen LogP contribution in [-0.4, -0.2) is 28.3 Å². The Morgan fingerprint density at radius 1 is 1.31 bits per heavy atom. The number of rotatable bonds is 6. The minimum Gasteiger partial charge on any atom is -0.316 e. The summed E-state index contributed by atoms with van der Waals surface area (Å²) >= 11 is 0. The van der Waals surface area contributed by atoms with Gasteiger partial charge in [0, 0.05) is 27.8 Å². The minimum absolute atomic E-state index is 0.347. The van der Waals surface area contributed by atoms with Crippen molar-refractivity contribution in [3.8, 4) is 0 Å². The third-order valence-electron chi connectivity index (χ3n) is 3.96. The van der Waals surface area contributed by atoms with Crippen LogP contribution in [0.15, 0.2) is 0 Å². The SMILES string of the molecule is CCC(C)S(=O)CC(NC)C1CCCCC1. The van der Waals surface area contributed by atoms with E-state index in [1.807, 2.05) is 7.05 Å². The number of nitrogens with one attached hydrogen (secondary N) is 1. The molecule has 0 aliphatic heterocycles. The third-order valence-corrected chi connectivity index (χ3v) is 5.88. The molecule has 3 unspecified atom stereocenters. The standard InChI is InChI=1S/C13H27NOS/c1-4-11(2)16(15)10-13(14-3)12-8-6-5-7-9-12/h11-14H,4-10H2,1-3H3. The zero-order chi connectivity index (χ0) is 12.0. The van der Waals surface area contributed by atoms with Crippen molar-refractivity contribution in [3.63, 3.8) is 0 Å². The van der Waals surface area contributed by atoms with Crippen molar-refractivity contribution in [1.82, 2.24) is 5.32 Å². The highest BCUT2D eigenvalue weighted by molar-refractivity contribution is 7.85. The first-order chi connectivity index (χ1) is 7.69. The maximum atomic E-state index is 12.1. The molecule has 1 N–H and O–H groups in total. The lowest BCUT2D eigenvalue weighted by Crippen LogP contribution is -2.40. The molecule has 0 bridgehead atoms. The van der Waals surface area contributed by atoms with E-state index < -0.39 is 10.8 Å². The third kappa shape index (κ3) is 4.17. The van der Waals surface area contributed by atoms with Crippen LogP contribution in [0.2, 0.25) is 0 Å². The Balaban J connectivity index is 2.44. The molecule has 0 heterocycles. The van der Waals surface area contributed by atoms with Crippen LogP contribution in [-0.2, 0) is 10.8 Å². The Hall–Kier alpha value is 0.110. The van der Waals surface area contributed by atoms with E-state index in [1.54, 1.807) is 0 Å². The van der Waals surface area contributed by atoms with Crippen LogP contribution in [0.4, 0.5) is 0 Å². The molecule has 1 saturated carbocycles. The molecule has 2 nitrogen and oxygen atoms in total. The van der Waals surface area contributed by atoms with Gasteiger partial charge in [-0.05, 0) is 32.2 Å². The monoisotopic (exact) mass is 245 g/mol. The van der Waals surface area contributed by atoms with E-state index in [0.717, 1.165) is 18.1 Å². The van der Waals surface area contributed by atoms with Gasteiger partial charge in [-0.1, -0.05) is 33.1 Å². The Bertz CT molecular complexity index is 214. The molecule has 1 aliphatic rings. The Morgan fingerprint density at radius 2 is 1.94 bits per heavy atom. The van der Waals surface area contributed by atoms with Gasteiger partial charge >= 0.3 is 0 Å². The lowest BCUT2D eigenvalue weighted by Gasteiger charge is -2.30. The van der Waals surface area contributed by atoms with Crippen LogP contribution >= 0.6 is 0 Å². The molecule has 0 saturated heterocycles. The average molecular weight is 245 g/mol. The Labute approximate surface area is 103 Å². The van der Waals surface area contributed by atoms with Crippen molar-refractivity contribution in [1.29, 1.82) is 0 Å². The van der Waals surface area contributed by atoms with Crippen molar-refractivity contribution in [3.05, 3.63) is 0 Å². The molecule has 3 heteroatoms. The molecule has 0 radical (unpaired) electrons. The van der Waals surface area contributed by atoms with Crippen molar-refractivity contribution in [2.45, 2.75) is 63.7 Å². The first kappa shape index (κ1) is 14.2. The molecule has 1 aliphatic carbocycles. The fourth-order valence-corrected chi connectivity index (χ4v) is 4.01. The molecule has 0 aromatic heterocycles. The van der Waals surface area contributed by atoms with Crippen molar-refractivity contribution < 1.29 is 4.21 Å². The summed E-state index contributed by atoms with van der Waals surface area (Å²) in [5.74, 6) is 1.60. The van der Waals surface area contributed by atoms with Gasteiger partial charge in [0.25, 0.3) is 0 Å². The van der Waals surface area contributed by atoms with Gasteiger partial charge < -0.3 is 5.32 Å². The summed E-state index contributed by atoms with van der Waals surface area (Å²) in [7, 11) is 1.36. The second kappa shape index (κ2) is 7.44. The van der Waals surface area contributed by atoms with Crippen LogP contribution in [0, 0.1) is 5.92 Å². The largest absolute Gasteiger partial charge is 0.316 e. The summed E-state index contributed by atoms with van der Waals surface area (Å²) in [5.41, 5.74) is 0. The van der Waals surface area contributed by atoms with Crippen molar-refractivity contribution in [2.24, 2.45) is 5.92 Å². The normalized spacial score (nSPS) is 23.9. The lowest BCUT2D eigenvalue weighted by atomic mass is 9.84. The molecule has 1 fully saturated rings. The fourth-order valence-electron chi connectivity index (χ4n) is 2.52. The predicted molar refractivity (Wildman–Crippen MR) is 72.2 cm³/mol. The molecule has 0 aromatic carbocycles. The van der Waals surface area contributed by atoms with Crippen LogP contribution in [0.5, 0.6) is 0 Å². The zero-order valence-corrected chi connectivity index (χ0v) is 11.8. The van der Waals surface area contributed by atoms with E-state index in [9.17, 15) is 4.21 Å². The molecule has 1 rings (SSSR count). The molecular formula is C13H27NOS. The molecule has 0 amide bonds. The quantitative estimate of drug-likeness (QED) is 0.779. The van der Waals surface area contributed by atoms with Gasteiger partial charge in [0.05, 0.1) is 0 Å². The van der Waals surface area contributed by atoms with Gasteiger partial charge in [-0.3, -0.25) is 4.21 Å². The van der Waals surface area contributed by atoms with E-state index in [-0.39, 0.29) is 0 Å². The second-order valence-corrected chi connectivity index (χ2v) is 6.96. The Kier molecular flexibility index (Phi) is 6.59. The van der Waals surface area contributed by atoms with Gasteiger partial charge in [0.2, 0.25) is 0 Å². The van der Waals surface area contributed by atoms with E-state index in [1.165, 1.54) is 32.1 Å². The molecule has 0 spiro atoms. The van der Waals surface area contributed by atoms with Crippen molar-refractivity contribution in [2.75, 3.05) is 12.8 Å². The summed E-state index contributed by atoms with van der Waals surface area (Å²) < 4.78 is 12.1. The highest BCUT2D eigenvalue weighted by Gasteiger charge is 2.25. The number of hydrogen-bond acceptors (Lipinski definition) is 2. The minimum atomic E-state index is -0.659. The molecule has 96 valence electrons. The zero-order valence-electron chi connectivity index (χ0n) is 11.0. The lowest BCUT2D eigenvalue weighted by molar-refractivity contribution is 0.293. The van der Waals surface area contributed by atoms with E-state index in [4.69, 9.17) is 0 Å². The van der Waals surface area contributed by atoms with Gasteiger partial charge in [-0.15, -0.1) is 0 Å². The molecule has 16 heavy (non-hydrogen) atoms. The van der Waals surface area contributed by atoms with Crippen LogP contribution < -0.4 is 5.32 Å². The van der Waals surface area contributed by atoms with Gasteiger partial charge in [0.15, 0.2) is 0 Å². The highest BCUT2D eigenvalue weighted by Crippen LogP contribution is 2.27. The van der Waals surface area contributed by atoms with Gasteiger partial charge in [0.1, 0.15) is 0 Å². The topological polar surface area (TPSA) is 29.1 Å². The smallest absolute Gasteiger partial charge is 0.0394 e. The van der Waals surface area contributed by atoms with E-state index in [2.05, 4.69) is 19.2 Å². The molecule has 3 atom stereocenters. The number of hydrogen-bond donors (Lipinski definition) is 1. The molecular weight excluding hydrogens is 218 g/mol. The maximum Gasteiger partial charge on any atom is 0.0394 e. The summed E-state index contributed by atoms with van der Waals surface area (Å²) in [6.45, 7) is 4.22. The van der Waals surface area contributed by atoms with Crippen LogP contribution in [0.25, 0.3) is 0 Å². The Morgan fingerprint density at radius 3 is 2.44 bits per heavy atom. The predicted octanol–water partition coefficient (Wildman–Crippen LogP) is 2.70. The van der Waals surface area contributed by atoms with Crippen molar-refractivity contribution >= 4 is 10.8 Å². The average Bonchev–Trinajstić information content (AvgIpc) is 2.35. The molecule has 0 aromatic rings.